The summed E-state index contributed by atoms with van der Waals surface area (Å²) >= 11 is 6.18. The molecule has 21 heavy (non-hydrogen) atoms. The number of hydrogen-bond donors (Lipinski definition) is 1. The third kappa shape index (κ3) is 3.79. The summed E-state index contributed by atoms with van der Waals surface area (Å²) < 4.78 is 1.89. The summed E-state index contributed by atoms with van der Waals surface area (Å²) in [4.78, 5) is 0. The van der Waals surface area contributed by atoms with Gasteiger partial charge in [-0.2, -0.15) is 5.10 Å². The molecule has 1 aromatic heterocycles. The summed E-state index contributed by atoms with van der Waals surface area (Å²) in [5.41, 5.74) is 2.14. The summed E-state index contributed by atoms with van der Waals surface area (Å²) in [5.74, 6) is 0. The first-order valence-corrected chi connectivity index (χ1v) is 8.27. The maximum Gasteiger partial charge on any atom is 0.0877 e. The lowest BCUT2D eigenvalue weighted by Crippen LogP contribution is -2.21. The monoisotopic (exact) mass is 303 g/mol. The number of rotatable bonds is 3. The Morgan fingerprint density at radius 1 is 1.10 bits per heavy atom. The molecule has 0 unspecified atom stereocenters. The normalized spacial score (nSPS) is 17.2. The standard InChI is InChI=1S/C17H22ClN3/c18-14-9-10-17(21-12-6-11-19-21)16(13-14)20-15-7-4-2-1-3-5-8-15/h6,9-13,15,20H,1-5,7-8H2. The molecular formula is C17H22ClN3. The minimum Gasteiger partial charge on any atom is -0.381 e. The van der Waals surface area contributed by atoms with Gasteiger partial charge < -0.3 is 5.32 Å². The molecule has 4 heteroatoms. The zero-order chi connectivity index (χ0) is 14.5. The summed E-state index contributed by atoms with van der Waals surface area (Å²) in [6.07, 6.45) is 13.0. The van der Waals surface area contributed by atoms with Crippen molar-refractivity contribution in [2.45, 2.75) is 51.0 Å². The summed E-state index contributed by atoms with van der Waals surface area (Å²) in [6.45, 7) is 0. The minimum absolute atomic E-state index is 0.540. The van der Waals surface area contributed by atoms with E-state index in [4.69, 9.17) is 11.6 Å². The second-order valence-corrected chi connectivity index (χ2v) is 6.23. The van der Waals surface area contributed by atoms with E-state index in [0.717, 1.165) is 16.4 Å². The van der Waals surface area contributed by atoms with E-state index in [0.29, 0.717) is 6.04 Å². The van der Waals surface area contributed by atoms with Crippen LogP contribution < -0.4 is 5.32 Å². The Kier molecular flexibility index (Phi) is 4.81. The first-order chi connectivity index (χ1) is 10.3. The molecule has 1 saturated carbocycles. The fourth-order valence-corrected chi connectivity index (χ4v) is 3.23. The molecule has 1 N–H and O–H groups in total. The van der Waals surface area contributed by atoms with E-state index in [2.05, 4.69) is 10.4 Å². The van der Waals surface area contributed by atoms with E-state index in [1.807, 2.05) is 35.1 Å². The van der Waals surface area contributed by atoms with Crippen LogP contribution in [0.5, 0.6) is 0 Å². The van der Waals surface area contributed by atoms with Gasteiger partial charge in [0.1, 0.15) is 0 Å². The molecule has 1 aromatic carbocycles. The van der Waals surface area contributed by atoms with Crippen molar-refractivity contribution in [2.24, 2.45) is 0 Å². The van der Waals surface area contributed by atoms with Gasteiger partial charge >= 0.3 is 0 Å². The maximum absolute atomic E-state index is 6.18. The van der Waals surface area contributed by atoms with Crippen LogP contribution in [0.4, 0.5) is 5.69 Å². The average Bonchev–Trinajstić information content (AvgIpc) is 2.96. The highest BCUT2D eigenvalue weighted by Crippen LogP contribution is 2.27. The van der Waals surface area contributed by atoms with Crippen molar-refractivity contribution < 1.29 is 0 Å². The molecule has 0 aliphatic heterocycles. The molecule has 1 heterocycles. The minimum atomic E-state index is 0.540. The molecule has 1 fully saturated rings. The van der Waals surface area contributed by atoms with Crippen molar-refractivity contribution in [2.75, 3.05) is 5.32 Å². The van der Waals surface area contributed by atoms with Gasteiger partial charge in [-0.15, -0.1) is 0 Å². The van der Waals surface area contributed by atoms with Crippen molar-refractivity contribution in [3.8, 4) is 5.69 Å². The molecule has 1 aliphatic carbocycles. The molecule has 3 rings (SSSR count). The predicted molar refractivity (Wildman–Crippen MR) is 88.3 cm³/mol. The first-order valence-electron chi connectivity index (χ1n) is 7.89. The first kappa shape index (κ1) is 14.5. The largest absolute Gasteiger partial charge is 0.381 e. The Hall–Kier alpha value is -1.48. The lowest BCUT2D eigenvalue weighted by molar-refractivity contribution is 0.471. The van der Waals surface area contributed by atoms with Gasteiger partial charge in [-0.25, -0.2) is 4.68 Å². The SMILES string of the molecule is Clc1ccc(-n2cccn2)c(NC2CCCCCCC2)c1. The van der Waals surface area contributed by atoms with Crippen LogP contribution in [-0.4, -0.2) is 15.8 Å². The Bertz CT molecular complexity index is 557. The van der Waals surface area contributed by atoms with Gasteiger partial charge in [0.15, 0.2) is 0 Å². The topological polar surface area (TPSA) is 29.9 Å². The van der Waals surface area contributed by atoms with E-state index >= 15 is 0 Å². The van der Waals surface area contributed by atoms with Gasteiger partial charge in [-0.3, -0.25) is 0 Å². The summed E-state index contributed by atoms with van der Waals surface area (Å²) in [6, 6.07) is 8.44. The highest BCUT2D eigenvalue weighted by molar-refractivity contribution is 6.31. The van der Waals surface area contributed by atoms with E-state index in [-0.39, 0.29) is 0 Å². The molecule has 0 amide bonds. The molecule has 1 aliphatic rings. The Balaban J connectivity index is 1.81. The third-order valence-electron chi connectivity index (χ3n) is 4.17. The van der Waals surface area contributed by atoms with E-state index in [1.54, 1.807) is 6.20 Å². The van der Waals surface area contributed by atoms with Crippen molar-refractivity contribution in [1.82, 2.24) is 9.78 Å². The van der Waals surface area contributed by atoms with Crippen LogP contribution in [-0.2, 0) is 0 Å². The van der Waals surface area contributed by atoms with Crippen LogP contribution in [0.2, 0.25) is 5.02 Å². The van der Waals surface area contributed by atoms with Crippen LogP contribution in [0.3, 0.4) is 0 Å². The number of hydrogen-bond acceptors (Lipinski definition) is 2. The number of benzene rings is 1. The van der Waals surface area contributed by atoms with Crippen LogP contribution in [0, 0.1) is 0 Å². The number of nitrogens with zero attached hydrogens (tertiary/aromatic N) is 2. The van der Waals surface area contributed by atoms with E-state index in [9.17, 15) is 0 Å². The molecule has 2 aromatic rings. The molecular weight excluding hydrogens is 282 g/mol. The predicted octanol–water partition coefficient (Wildman–Crippen LogP) is 5.05. The smallest absolute Gasteiger partial charge is 0.0877 e. The molecule has 112 valence electrons. The molecule has 0 bridgehead atoms. The second kappa shape index (κ2) is 6.99. The van der Waals surface area contributed by atoms with Gasteiger partial charge in [0.05, 0.1) is 11.4 Å². The summed E-state index contributed by atoms with van der Waals surface area (Å²) in [5, 5.41) is 8.80. The summed E-state index contributed by atoms with van der Waals surface area (Å²) in [7, 11) is 0. The molecule has 0 saturated heterocycles. The Morgan fingerprint density at radius 2 is 1.86 bits per heavy atom. The molecule has 3 nitrogen and oxygen atoms in total. The second-order valence-electron chi connectivity index (χ2n) is 5.80. The molecule has 0 radical (unpaired) electrons. The van der Waals surface area contributed by atoms with E-state index < -0.39 is 0 Å². The molecule has 0 atom stereocenters. The van der Waals surface area contributed by atoms with Crippen molar-refractivity contribution in [1.29, 1.82) is 0 Å². The number of anilines is 1. The third-order valence-corrected chi connectivity index (χ3v) is 4.41. The highest BCUT2D eigenvalue weighted by Gasteiger charge is 2.14. The lowest BCUT2D eigenvalue weighted by Gasteiger charge is -2.23. The Morgan fingerprint density at radius 3 is 2.57 bits per heavy atom. The van der Waals surface area contributed by atoms with Crippen LogP contribution >= 0.6 is 11.6 Å². The highest BCUT2D eigenvalue weighted by atomic mass is 35.5. The lowest BCUT2D eigenvalue weighted by atomic mass is 9.96. The number of nitrogens with one attached hydrogen (secondary N) is 1. The van der Waals surface area contributed by atoms with E-state index in [1.165, 1.54) is 44.9 Å². The van der Waals surface area contributed by atoms with Gasteiger partial charge in [-0.1, -0.05) is 43.7 Å². The van der Waals surface area contributed by atoms with Crippen LogP contribution in [0.25, 0.3) is 5.69 Å². The van der Waals surface area contributed by atoms with Crippen LogP contribution in [0.1, 0.15) is 44.9 Å². The maximum atomic E-state index is 6.18. The van der Waals surface area contributed by atoms with Crippen LogP contribution in [0.15, 0.2) is 36.7 Å². The fraction of sp³-hybridized carbons (Fsp3) is 0.471. The zero-order valence-corrected chi connectivity index (χ0v) is 13.0. The Labute approximate surface area is 131 Å². The van der Waals surface area contributed by atoms with Crippen molar-refractivity contribution in [3.05, 3.63) is 41.7 Å². The average molecular weight is 304 g/mol. The van der Waals surface area contributed by atoms with Gasteiger partial charge in [0.25, 0.3) is 0 Å². The quantitative estimate of drug-likeness (QED) is 0.860. The van der Waals surface area contributed by atoms with Gasteiger partial charge in [0, 0.05) is 23.5 Å². The van der Waals surface area contributed by atoms with Gasteiger partial charge in [-0.05, 0) is 37.1 Å². The number of aromatic nitrogens is 2. The number of halogens is 1. The van der Waals surface area contributed by atoms with Crippen molar-refractivity contribution in [3.63, 3.8) is 0 Å². The zero-order valence-electron chi connectivity index (χ0n) is 12.3. The van der Waals surface area contributed by atoms with Crippen molar-refractivity contribution >= 4 is 17.3 Å². The molecule has 0 spiro atoms. The fourth-order valence-electron chi connectivity index (χ4n) is 3.06. The van der Waals surface area contributed by atoms with Gasteiger partial charge in [0.2, 0.25) is 0 Å².